The number of pyridine rings is 1. The third kappa shape index (κ3) is 4.58. The van der Waals surface area contributed by atoms with Gasteiger partial charge in [0, 0.05) is 31.9 Å². The molecular weight excluding hydrogens is 414 g/mol. The van der Waals surface area contributed by atoms with E-state index in [4.69, 9.17) is 24.7 Å². The normalized spacial score (nSPS) is 11.1. The highest BCUT2D eigenvalue weighted by atomic mass is 16.5. The molecule has 0 bridgehead atoms. The Balaban J connectivity index is 1.77. The minimum Gasteiger partial charge on any atom is -0.487 e. The van der Waals surface area contributed by atoms with Crippen molar-refractivity contribution in [2.24, 2.45) is 0 Å². The molecule has 2 N–H and O–H groups in total. The molecule has 11 nitrogen and oxygen atoms in total. The summed E-state index contributed by atoms with van der Waals surface area (Å²) < 4.78 is 23.3. The molecule has 32 heavy (non-hydrogen) atoms. The number of nitrogens with zero attached hydrogens (tertiary/aromatic N) is 6. The van der Waals surface area contributed by atoms with Crippen molar-refractivity contribution in [3.63, 3.8) is 0 Å². The fourth-order valence-electron chi connectivity index (χ4n) is 3.00. The molecule has 3 heterocycles. The number of fused-ring (bicyclic) bond motifs is 1. The monoisotopic (exact) mass is 437 g/mol. The van der Waals surface area contributed by atoms with Crippen molar-refractivity contribution in [3.05, 3.63) is 42.9 Å². The van der Waals surface area contributed by atoms with E-state index in [9.17, 15) is 0 Å². The molecule has 3 aromatic heterocycles. The average Bonchev–Trinajstić information content (AvgIpc) is 3.21. The Morgan fingerprint density at radius 1 is 0.906 bits per heavy atom. The highest BCUT2D eigenvalue weighted by Crippen LogP contribution is 2.34. The molecule has 0 unspecified atom stereocenters. The van der Waals surface area contributed by atoms with Gasteiger partial charge in [0.15, 0.2) is 17.3 Å². The van der Waals surface area contributed by atoms with Crippen LogP contribution in [0.25, 0.3) is 28.2 Å². The highest BCUT2D eigenvalue weighted by Gasteiger charge is 2.18. The zero-order valence-electron chi connectivity index (χ0n) is 17.8. The average molecular weight is 437 g/mol. The molecular formula is C21H23N7O4. The van der Waals surface area contributed by atoms with Crippen molar-refractivity contribution in [2.45, 2.75) is 0 Å². The Labute approximate surface area is 184 Å². The minimum absolute atomic E-state index is 0.174. The van der Waals surface area contributed by atoms with Gasteiger partial charge in [-0.1, -0.05) is 6.07 Å². The maximum absolute atomic E-state index is 6.16. The van der Waals surface area contributed by atoms with Gasteiger partial charge in [0.05, 0.1) is 18.7 Å². The van der Waals surface area contributed by atoms with Crippen molar-refractivity contribution in [2.75, 3.05) is 46.4 Å². The van der Waals surface area contributed by atoms with Crippen LogP contribution < -0.4 is 15.2 Å². The second-order valence-corrected chi connectivity index (χ2v) is 6.62. The molecule has 0 aliphatic carbocycles. The van der Waals surface area contributed by atoms with E-state index in [0.717, 1.165) is 0 Å². The van der Waals surface area contributed by atoms with E-state index in [0.29, 0.717) is 66.2 Å². The highest BCUT2D eigenvalue weighted by molar-refractivity contribution is 5.88. The van der Waals surface area contributed by atoms with Gasteiger partial charge in [-0.05, 0) is 18.2 Å². The number of hydrogen-bond acceptors (Lipinski definition) is 10. The second kappa shape index (κ2) is 9.98. The van der Waals surface area contributed by atoms with E-state index in [-0.39, 0.29) is 5.95 Å². The number of anilines is 1. The molecule has 0 saturated heterocycles. The summed E-state index contributed by atoms with van der Waals surface area (Å²) in [5.74, 6) is 2.09. The van der Waals surface area contributed by atoms with Gasteiger partial charge in [-0.15, -0.1) is 5.10 Å². The third-order valence-corrected chi connectivity index (χ3v) is 4.50. The molecule has 0 radical (unpaired) electrons. The molecule has 166 valence electrons. The van der Waals surface area contributed by atoms with Crippen molar-refractivity contribution in [3.8, 4) is 28.8 Å². The summed E-state index contributed by atoms with van der Waals surface area (Å²) in [6.07, 6.45) is 3.10. The van der Waals surface area contributed by atoms with Crippen LogP contribution in [0.3, 0.4) is 0 Å². The molecule has 0 fully saturated rings. The SMILES string of the molecule is COCCOc1cc2ncnc(-n3nc(-c4ccccn4)nc3N)c2cc1OCCOC. The molecule has 4 rings (SSSR count). The van der Waals surface area contributed by atoms with Crippen LogP contribution in [0.1, 0.15) is 0 Å². The zero-order chi connectivity index (χ0) is 22.3. The van der Waals surface area contributed by atoms with E-state index in [1.807, 2.05) is 18.2 Å². The van der Waals surface area contributed by atoms with Crippen LogP contribution in [0.4, 0.5) is 5.95 Å². The quantitative estimate of drug-likeness (QED) is 0.367. The molecule has 11 heteroatoms. The number of hydrogen-bond donors (Lipinski definition) is 1. The van der Waals surface area contributed by atoms with Gasteiger partial charge in [0.2, 0.25) is 11.8 Å². The molecule has 0 saturated carbocycles. The molecule has 1 aromatic carbocycles. The maximum atomic E-state index is 6.16. The van der Waals surface area contributed by atoms with Crippen LogP contribution in [-0.2, 0) is 9.47 Å². The number of rotatable bonds is 10. The van der Waals surface area contributed by atoms with Gasteiger partial charge in [0.1, 0.15) is 25.2 Å². The van der Waals surface area contributed by atoms with E-state index < -0.39 is 0 Å². The van der Waals surface area contributed by atoms with Crippen molar-refractivity contribution < 1.29 is 18.9 Å². The number of nitrogens with two attached hydrogens (primary N) is 1. The molecule has 0 spiro atoms. The lowest BCUT2D eigenvalue weighted by Gasteiger charge is -2.14. The fraction of sp³-hybridized carbons (Fsp3) is 0.286. The smallest absolute Gasteiger partial charge is 0.225 e. The third-order valence-electron chi connectivity index (χ3n) is 4.50. The van der Waals surface area contributed by atoms with Crippen LogP contribution in [0.2, 0.25) is 0 Å². The number of aromatic nitrogens is 6. The first kappa shape index (κ1) is 21.4. The first-order valence-corrected chi connectivity index (χ1v) is 9.87. The standard InChI is InChI=1S/C21H23N7O4/c1-29-7-9-31-17-11-14-16(12-18(17)32-10-8-30-2)24-13-25-20(14)28-21(22)26-19(27-28)15-5-3-4-6-23-15/h3-6,11-13H,7-10H2,1-2H3,(H2,22,26,27). The van der Waals surface area contributed by atoms with Crippen molar-refractivity contribution in [1.29, 1.82) is 0 Å². The minimum atomic E-state index is 0.174. The summed E-state index contributed by atoms with van der Waals surface area (Å²) in [4.78, 5) is 17.4. The molecule has 0 amide bonds. The van der Waals surface area contributed by atoms with Crippen LogP contribution in [0, 0.1) is 0 Å². The molecule has 0 aliphatic heterocycles. The van der Waals surface area contributed by atoms with Gasteiger partial charge in [-0.25, -0.2) is 9.97 Å². The van der Waals surface area contributed by atoms with Crippen LogP contribution >= 0.6 is 0 Å². The van der Waals surface area contributed by atoms with Gasteiger partial charge >= 0.3 is 0 Å². The number of ether oxygens (including phenoxy) is 4. The Hall–Kier alpha value is -3.83. The lowest BCUT2D eigenvalue weighted by Crippen LogP contribution is -2.10. The van der Waals surface area contributed by atoms with E-state index in [2.05, 4.69) is 25.0 Å². The Morgan fingerprint density at radius 2 is 1.66 bits per heavy atom. The summed E-state index contributed by atoms with van der Waals surface area (Å²) in [6.45, 7) is 1.58. The number of nitrogen functional groups attached to an aromatic ring is 1. The molecule has 0 aliphatic rings. The second-order valence-electron chi connectivity index (χ2n) is 6.62. The zero-order valence-corrected chi connectivity index (χ0v) is 17.8. The van der Waals surface area contributed by atoms with E-state index in [1.165, 1.54) is 11.0 Å². The van der Waals surface area contributed by atoms with Gasteiger partial charge in [0.25, 0.3) is 0 Å². The van der Waals surface area contributed by atoms with Crippen molar-refractivity contribution in [1.82, 2.24) is 29.7 Å². The van der Waals surface area contributed by atoms with Gasteiger partial charge in [-0.2, -0.15) is 9.67 Å². The predicted octanol–water partition coefficient (Wildman–Crippen LogP) is 1.91. The topological polar surface area (TPSA) is 132 Å². The largest absolute Gasteiger partial charge is 0.487 e. The van der Waals surface area contributed by atoms with Crippen LogP contribution in [0.15, 0.2) is 42.9 Å². The number of benzene rings is 1. The summed E-state index contributed by atoms with van der Waals surface area (Å²) in [5.41, 5.74) is 7.40. The number of methoxy groups -OCH3 is 2. The lowest BCUT2D eigenvalue weighted by atomic mass is 10.2. The summed E-state index contributed by atoms with van der Waals surface area (Å²) in [6, 6.07) is 9.06. The van der Waals surface area contributed by atoms with E-state index in [1.54, 1.807) is 32.5 Å². The molecule has 4 aromatic rings. The summed E-state index contributed by atoms with van der Waals surface area (Å²) in [5, 5.41) is 5.18. The predicted molar refractivity (Wildman–Crippen MR) is 117 cm³/mol. The summed E-state index contributed by atoms with van der Waals surface area (Å²) >= 11 is 0. The Morgan fingerprint density at radius 3 is 2.34 bits per heavy atom. The Bertz CT molecular complexity index is 1180. The molecule has 0 atom stereocenters. The fourth-order valence-corrected chi connectivity index (χ4v) is 3.00. The van der Waals surface area contributed by atoms with Gasteiger partial charge in [-0.3, -0.25) is 4.98 Å². The van der Waals surface area contributed by atoms with Crippen molar-refractivity contribution >= 4 is 16.9 Å². The van der Waals surface area contributed by atoms with Gasteiger partial charge < -0.3 is 24.7 Å². The van der Waals surface area contributed by atoms with Crippen LogP contribution in [-0.4, -0.2) is 70.4 Å². The van der Waals surface area contributed by atoms with E-state index >= 15 is 0 Å². The lowest BCUT2D eigenvalue weighted by molar-refractivity contribution is 0.132. The summed E-state index contributed by atoms with van der Waals surface area (Å²) in [7, 11) is 3.22. The first-order chi connectivity index (χ1) is 15.7. The first-order valence-electron chi connectivity index (χ1n) is 9.87. The van der Waals surface area contributed by atoms with Crippen LogP contribution in [0.5, 0.6) is 11.5 Å². The maximum Gasteiger partial charge on any atom is 0.225 e. The Kier molecular flexibility index (Phi) is 6.68.